The van der Waals surface area contributed by atoms with Crippen molar-refractivity contribution >= 4 is 34.6 Å². The molecular weight excluding hydrogens is 255 g/mol. The molecule has 0 atom stereocenters. The molecule has 2 nitrogen and oxygen atoms in total. The van der Waals surface area contributed by atoms with E-state index < -0.39 is 4.33 Å². The molecule has 2 aromatic rings. The number of benzene rings is 2. The monoisotopic (exact) mass is 266 g/mol. The van der Waals surface area contributed by atoms with Gasteiger partial charge < -0.3 is 11.5 Å². The Morgan fingerprint density at radius 3 is 1.24 bits per heavy atom. The molecule has 0 aliphatic rings. The molecule has 0 saturated carbocycles. The number of hydrogen-bond donors (Lipinski definition) is 2. The SMILES string of the molecule is Nc1ccc(C(Cl)(Cl)c2ccc(N)cc2)cc1. The summed E-state index contributed by atoms with van der Waals surface area (Å²) in [6, 6.07) is 14.3. The Bertz CT molecular complexity index is 456. The first-order valence-corrected chi connectivity index (χ1v) is 5.85. The number of anilines is 2. The minimum Gasteiger partial charge on any atom is -0.399 e. The summed E-state index contributed by atoms with van der Waals surface area (Å²) < 4.78 is -1.10. The highest BCUT2D eigenvalue weighted by atomic mass is 35.5. The summed E-state index contributed by atoms with van der Waals surface area (Å²) >= 11 is 12.8. The molecule has 0 amide bonds. The van der Waals surface area contributed by atoms with Gasteiger partial charge in [-0.1, -0.05) is 47.5 Å². The Morgan fingerprint density at radius 1 is 0.647 bits per heavy atom. The van der Waals surface area contributed by atoms with Gasteiger partial charge in [-0.3, -0.25) is 0 Å². The van der Waals surface area contributed by atoms with Crippen molar-refractivity contribution in [2.24, 2.45) is 0 Å². The van der Waals surface area contributed by atoms with Gasteiger partial charge in [-0.05, 0) is 35.4 Å². The molecule has 2 rings (SSSR count). The minimum absolute atomic E-state index is 0.676. The van der Waals surface area contributed by atoms with E-state index >= 15 is 0 Å². The number of hydrogen-bond acceptors (Lipinski definition) is 2. The minimum atomic E-state index is -1.10. The molecule has 0 aliphatic heterocycles. The molecule has 0 heterocycles. The number of alkyl halides is 2. The van der Waals surface area contributed by atoms with Crippen molar-refractivity contribution in [3.63, 3.8) is 0 Å². The first-order chi connectivity index (χ1) is 8.00. The largest absolute Gasteiger partial charge is 0.399 e. The van der Waals surface area contributed by atoms with E-state index in [1.807, 2.05) is 24.3 Å². The maximum absolute atomic E-state index is 6.38. The van der Waals surface area contributed by atoms with Crippen LogP contribution in [0, 0.1) is 0 Å². The van der Waals surface area contributed by atoms with E-state index in [1.54, 1.807) is 24.3 Å². The van der Waals surface area contributed by atoms with Crippen LogP contribution in [0.25, 0.3) is 0 Å². The van der Waals surface area contributed by atoms with E-state index in [-0.39, 0.29) is 0 Å². The quantitative estimate of drug-likeness (QED) is 0.646. The van der Waals surface area contributed by atoms with E-state index in [0.717, 1.165) is 11.1 Å². The van der Waals surface area contributed by atoms with Crippen LogP contribution in [-0.2, 0) is 4.33 Å². The summed E-state index contributed by atoms with van der Waals surface area (Å²) in [7, 11) is 0. The fraction of sp³-hybridized carbons (Fsp3) is 0.0769. The van der Waals surface area contributed by atoms with E-state index in [1.165, 1.54) is 0 Å². The second-order valence-corrected chi connectivity index (χ2v) is 5.15. The fourth-order valence-corrected chi connectivity index (χ4v) is 2.06. The van der Waals surface area contributed by atoms with Crippen molar-refractivity contribution < 1.29 is 0 Å². The molecule has 0 bridgehead atoms. The van der Waals surface area contributed by atoms with Gasteiger partial charge in [-0.25, -0.2) is 0 Å². The van der Waals surface area contributed by atoms with Gasteiger partial charge in [0.05, 0.1) is 0 Å². The second kappa shape index (κ2) is 4.47. The lowest BCUT2D eigenvalue weighted by atomic mass is 10.0. The zero-order chi connectivity index (χ0) is 12.5. The van der Waals surface area contributed by atoms with Crippen molar-refractivity contribution in [3.05, 3.63) is 59.7 Å². The highest BCUT2D eigenvalue weighted by Crippen LogP contribution is 2.41. The molecule has 88 valence electrons. The maximum atomic E-state index is 6.38. The normalized spacial score (nSPS) is 11.4. The highest BCUT2D eigenvalue weighted by Gasteiger charge is 2.28. The molecule has 0 saturated heterocycles. The lowest BCUT2D eigenvalue weighted by molar-refractivity contribution is 1.04. The third kappa shape index (κ3) is 2.48. The van der Waals surface area contributed by atoms with Crippen LogP contribution >= 0.6 is 23.2 Å². The zero-order valence-electron chi connectivity index (χ0n) is 9.03. The van der Waals surface area contributed by atoms with Gasteiger partial charge in [0, 0.05) is 11.4 Å². The Morgan fingerprint density at radius 2 is 0.941 bits per heavy atom. The highest BCUT2D eigenvalue weighted by molar-refractivity contribution is 6.50. The molecule has 0 aromatic heterocycles. The Kier molecular flexibility index (Phi) is 3.18. The lowest BCUT2D eigenvalue weighted by Gasteiger charge is -2.20. The van der Waals surface area contributed by atoms with E-state index in [4.69, 9.17) is 34.7 Å². The van der Waals surface area contributed by atoms with E-state index in [9.17, 15) is 0 Å². The van der Waals surface area contributed by atoms with E-state index in [2.05, 4.69) is 0 Å². The Balaban J connectivity index is 2.41. The van der Waals surface area contributed by atoms with Crippen LogP contribution in [0.15, 0.2) is 48.5 Å². The van der Waals surface area contributed by atoms with Crippen LogP contribution in [0.2, 0.25) is 0 Å². The van der Waals surface area contributed by atoms with Gasteiger partial charge in [0.25, 0.3) is 0 Å². The number of halogens is 2. The summed E-state index contributed by atoms with van der Waals surface area (Å²) in [5, 5.41) is 0. The van der Waals surface area contributed by atoms with Crippen LogP contribution < -0.4 is 11.5 Å². The summed E-state index contributed by atoms with van der Waals surface area (Å²) in [5.74, 6) is 0. The molecule has 0 unspecified atom stereocenters. The fourth-order valence-electron chi connectivity index (χ4n) is 1.55. The predicted molar refractivity (Wildman–Crippen MR) is 74.2 cm³/mol. The summed E-state index contributed by atoms with van der Waals surface area (Å²) in [6.45, 7) is 0. The van der Waals surface area contributed by atoms with Crippen molar-refractivity contribution in [1.29, 1.82) is 0 Å². The van der Waals surface area contributed by atoms with Crippen LogP contribution in [-0.4, -0.2) is 0 Å². The Hall–Kier alpha value is -1.38. The molecule has 0 aliphatic carbocycles. The second-order valence-electron chi connectivity index (χ2n) is 3.82. The van der Waals surface area contributed by atoms with Gasteiger partial charge in [0.2, 0.25) is 0 Å². The lowest BCUT2D eigenvalue weighted by Crippen LogP contribution is -2.12. The van der Waals surface area contributed by atoms with Gasteiger partial charge >= 0.3 is 0 Å². The maximum Gasteiger partial charge on any atom is 0.168 e. The van der Waals surface area contributed by atoms with Gasteiger partial charge in [-0.2, -0.15) is 0 Å². The number of nitrogen functional groups attached to an aromatic ring is 2. The molecule has 2 aromatic carbocycles. The zero-order valence-corrected chi connectivity index (χ0v) is 10.5. The Labute approximate surface area is 110 Å². The molecule has 17 heavy (non-hydrogen) atoms. The number of nitrogens with two attached hydrogens (primary N) is 2. The molecule has 0 spiro atoms. The first-order valence-electron chi connectivity index (χ1n) is 5.10. The van der Waals surface area contributed by atoms with Gasteiger partial charge in [0.15, 0.2) is 4.33 Å². The number of rotatable bonds is 2. The van der Waals surface area contributed by atoms with Crippen LogP contribution in [0.4, 0.5) is 11.4 Å². The van der Waals surface area contributed by atoms with Crippen molar-refractivity contribution in [1.82, 2.24) is 0 Å². The topological polar surface area (TPSA) is 52.0 Å². The average Bonchev–Trinajstić information content (AvgIpc) is 2.30. The third-order valence-electron chi connectivity index (χ3n) is 2.55. The van der Waals surface area contributed by atoms with Crippen LogP contribution in [0.5, 0.6) is 0 Å². The molecule has 0 fully saturated rings. The van der Waals surface area contributed by atoms with Crippen LogP contribution in [0.1, 0.15) is 11.1 Å². The van der Waals surface area contributed by atoms with Crippen molar-refractivity contribution in [3.8, 4) is 0 Å². The van der Waals surface area contributed by atoms with Crippen molar-refractivity contribution in [2.45, 2.75) is 4.33 Å². The van der Waals surface area contributed by atoms with Gasteiger partial charge in [-0.15, -0.1) is 0 Å². The van der Waals surface area contributed by atoms with Gasteiger partial charge in [0.1, 0.15) is 0 Å². The average molecular weight is 267 g/mol. The van der Waals surface area contributed by atoms with E-state index in [0.29, 0.717) is 11.4 Å². The summed E-state index contributed by atoms with van der Waals surface area (Å²) in [5.41, 5.74) is 14.2. The summed E-state index contributed by atoms with van der Waals surface area (Å²) in [4.78, 5) is 0. The summed E-state index contributed by atoms with van der Waals surface area (Å²) in [6.07, 6.45) is 0. The third-order valence-corrected chi connectivity index (χ3v) is 3.42. The predicted octanol–water partition coefficient (Wildman–Crippen LogP) is 3.53. The smallest absolute Gasteiger partial charge is 0.168 e. The standard InChI is InChI=1S/C13H12Cl2N2/c14-13(15,9-1-5-11(16)6-2-9)10-3-7-12(17)8-4-10/h1-8H,16-17H2. The molecule has 4 N–H and O–H groups in total. The van der Waals surface area contributed by atoms with Crippen molar-refractivity contribution in [2.75, 3.05) is 11.5 Å². The molecule has 4 heteroatoms. The molecular formula is C13H12Cl2N2. The van der Waals surface area contributed by atoms with Crippen LogP contribution in [0.3, 0.4) is 0 Å². The molecule has 0 radical (unpaired) electrons. The first kappa shape index (κ1) is 12.1.